The average molecular weight is 667 g/mol. The van der Waals surface area contributed by atoms with Crippen molar-refractivity contribution in [2.45, 2.75) is 52.7 Å². The summed E-state index contributed by atoms with van der Waals surface area (Å²) in [5.74, 6) is -3.75. The van der Waals surface area contributed by atoms with Crippen molar-refractivity contribution in [3.63, 3.8) is 0 Å². The molecule has 0 radical (unpaired) electrons. The highest BCUT2D eigenvalue weighted by molar-refractivity contribution is 5.76. The first-order chi connectivity index (χ1) is 22.8. The van der Waals surface area contributed by atoms with Gasteiger partial charge in [-0.1, -0.05) is 6.07 Å². The van der Waals surface area contributed by atoms with Gasteiger partial charge in [-0.15, -0.1) is 0 Å². The van der Waals surface area contributed by atoms with Crippen molar-refractivity contribution in [2.75, 3.05) is 21.3 Å². The van der Waals surface area contributed by atoms with Gasteiger partial charge in [-0.2, -0.15) is 0 Å². The van der Waals surface area contributed by atoms with E-state index < -0.39 is 48.0 Å². The Morgan fingerprint density at radius 3 is 1.60 bits per heavy atom. The average Bonchev–Trinajstić information content (AvgIpc) is 2.99. The van der Waals surface area contributed by atoms with Crippen molar-refractivity contribution in [1.29, 1.82) is 0 Å². The zero-order chi connectivity index (χ0) is 35.3. The van der Waals surface area contributed by atoms with E-state index in [0.717, 1.165) is 0 Å². The zero-order valence-electron chi connectivity index (χ0n) is 27.5. The Bertz CT molecular complexity index is 1740. The highest BCUT2D eigenvalue weighted by Crippen LogP contribution is 2.56. The molecule has 14 heteroatoms. The molecule has 1 aliphatic heterocycles. The maximum absolute atomic E-state index is 12.8. The van der Waals surface area contributed by atoms with Crippen molar-refractivity contribution in [3.8, 4) is 46.0 Å². The molecule has 0 fully saturated rings. The van der Waals surface area contributed by atoms with Gasteiger partial charge in [0.05, 0.1) is 27.2 Å². The molecule has 3 aromatic carbocycles. The van der Waals surface area contributed by atoms with E-state index in [0.29, 0.717) is 16.9 Å². The molecule has 0 aromatic heterocycles. The topological polar surface area (TPSA) is 168 Å². The molecule has 0 N–H and O–H groups in total. The van der Waals surface area contributed by atoms with Crippen LogP contribution >= 0.6 is 0 Å². The summed E-state index contributed by atoms with van der Waals surface area (Å²) in [6.45, 7) is 5.95. The first-order valence-corrected chi connectivity index (χ1v) is 14.5. The second kappa shape index (κ2) is 14.8. The van der Waals surface area contributed by atoms with Crippen LogP contribution in [0.15, 0.2) is 42.5 Å². The van der Waals surface area contributed by atoms with Crippen LogP contribution in [0.2, 0.25) is 0 Å². The van der Waals surface area contributed by atoms with Crippen LogP contribution in [0.4, 0.5) is 0 Å². The molecule has 0 saturated heterocycles. The summed E-state index contributed by atoms with van der Waals surface area (Å²) in [5, 5.41) is 0. The first kappa shape index (κ1) is 35.1. The normalized spacial score (nSPS) is 16.3. The number of esters is 5. The lowest BCUT2D eigenvalue weighted by Crippen LogP contribution is -2.39. The molecule has 0 unspecified atom stereocenters. The van der Waals surface area contributed by atoms with Gasteiger partial charge in [0, 0.05) is 75.6 Å². The monoisotopic (exact) mass is 666 g/mol. The SMILES string of the molecule is COc1cc(OC)c([C@H]2c3c(OC(C)=O)cc(OC(C)=O)cc3O[C@H](c3ccc(OC(C)=O)c(OC(C)=O)c3)[C@@H]2OC(C)=O)c(OC)c1. The van der Waals surface area contributed by atoms with Crippen LogP contribution in [-0.2, 0) is 28.7 Å². The summed E-state index contributed by atoms with van der Waals surface area (Å²) in [6.07, 6.45) is -2.42. The van der Waals surface area contributed by atoms with E-state index in [1.807, 2.05) is 0 Å². The fourth-order valence-corrected chi connectivity index (χ4v) is 5.39. The third kappa shape index (κ3) is 7.77. The van der Waals surface area contributed by atoms with Gasteiger partial charge in [0.1, 0.15) is 34.5 Å². The smallest absolute Gasteiger partial charge is 0.308 e. The van der Waals surface area contributed by atoms with Gasteiger partial charge in [0.2, 0.25) is 0 Å². The summed E-state index contributed by atoms with van der Waals surface area (Å²) in [4.78, 5) is 60.9. The van der Waals surface area contributed by atoms with Crippen LogP contribution < -0.4 is 37.9 Å². The number of hydrogen-bond donors (Lipinski definition) is 0. The summed E-state index contributed by atoms with van der Waals surface area (Å²) < 4.78 is 51.0. The Morgan fingerprint density at radius 2 is 1.08 bits per heavy atom. The third-order valence-electron chi connectivity index (χ3n) is 6.95. The fraction of sp³-hybridized carbons (Fsp3) is 0.324. The van der Waals surface area contributed by atoms with E-state index in [4.69, 9.17) is 42.6 Å². The molecule has 4 rings (SSSR count). The van der Waals surface area contributed by atoms with Gasteiger partial charge in [-0.05, 0) is 12.1 Å². The van der Waals surface area contributed by atoms with E-state index in [1.54, 1.807) is 12.1 Å². The molecule has 0 bridgehead atoms. The second-order valence-corrected chi connectivity index (χ2v) is 10.4. The predicted molar refractivity (Wildman–Crippen MR) is 165 cm³/mol. The largest absolute Gasteiger partial charge is 0.496 e. The van der Waals surface area contributed by atoms with E-state index in [1.165, 1.54) is 86.3 Å². The molecule has 48 heavy (non-hydrogen) atoms. The Hall–Kier alpha value is -5.79. The van der Waals surface area contributed by atoms with Crippen LogP contribution in [0.25, 0.3) is 0 Å². The van der Waals surface area contributed by atoms with E-state index >= 15 is 0 Å². The molecule has 3 atom stereocenters. The molecular weight excluding hydrogens is 632 g/mol. The number of hydrogen-bond acceptors (Lipinski definition) is 14. The lowest BCUT2D eigenvalue weighted by Gasteiger charge is -2.40. The number of benzene rings is 3. The van der Waals surface area contributed by atoms with Crippen molar-refractivity contribution in [1.82, 2.24) is 0 Å². The third-order valence-corrected chi connectivity index (χ3v) is 6.95. The highest BCUT2D eigenvalue weighted by Gasteiger charge is 2.47. The standard InChI is InChI=1S/C34H34O14/c1-16(35)43-23-14-28(46-19(4)38)31-29(15-23)48-33(21-9-10-24(44-17(2)36)25(11-21)45-18(3)37)34(47-20(5)39)32(31)30-26(41-7)12-22(40-6)13-27(30)42-8/h9-15,32-34H,1-8H3/t32-,33+,34+/m0/s1. The minimum atomic E-state index is -1.25. The van der Waals surface area contributed by atoms with Gasteiger partial charge in [-0.25, -0.2) is 0 Å². The Labute approximate surface area is 275 Å². The number of methoxy groups -OCH3 is 3. The summed E-state index contributed by atoms with van der Waals surface area (Å²) >= 11 is 0. The minimum absolute atomic E-state index is 0.0135. The van der Waals surface area contributed by atoms with Gasteiger partial charge in [0.15, 0.2) is 23.7 Å². The van der Waals surface area contributed by atoms with Crippen LogP contribution in [0.1, 0.15) is 63.3 Å². The lowest BCUT2D eigenvalue weighted by molar-refractivity contribution is -0.154. The van der Waals surface area contributed by atoms with Gasteiger partial charge in [0.25, 0.3) is 0 Å². The molecule has 254 valence electrons. The number of carbonyl (C=O) groups excluding carboxylic acids is 5. The van der Waals surface area contributed by atoms with Crippen molar-refractivity contribution >= 4 is 29.8 Å². The predicted octanol–water partition coefficient (Wildman–Crippen LogP) is 4.61. The minimum Gasteiger partial charge on any atom is -0.496 e. The van der Waals surface area contributed by atoms with E-state index in [2.05, 4.69) is 0 Å². The first-order valence-electron chi connectivity index (χ1n) is 14.5. The molecule has 3 aromatic rings. The van der Waals surface area contributed by atoms with Crippen LogP contribution in [0.3, 0.4) is 0 Å². The molecule has 1 aliphatic rings. The summed E-state index contributed by atoms with van der Waals surface area (Å²) in [7, 11) is 4.31. The summed E-state index contributed by atoms with van der Waals surface area (Å²) in [6, 6.07) is 10.3. The Balaban J connectivity index is 2.12. The number of ether oxygens (including phenoxy) is 9. The second-order valence-electron chi connectivity index (χ2n) is 10.4. The quantitative estimate of drug-likeness (QED) is 0.217. The maximum atomic E-state index is 12.8. The fourth-order valence-electron chi connectivity index (χ4n) is 5.39. The van der Waals surface area contributed by atoms with E-state index in [-0.39, 0.29) is 45.8 Å². The number of carbonyl (C=O) groups is 5. The molecule has 0 aliphatic carbocycles. The van der Waals surface area contributed by atoms with Crippen molar-refractivity contribution < 1.29 is 66.6 Å². The molecule has 0 spiro atoms. The van der Waals surface area contributed by atoms with Gasteiger partial charge in [-0.3, -0.25) is 24.0 Å². The van der Waals surface area contributed by atoms with Crippen molar-refractivity contribution in [3.05, 3.63) is 59.2 Å². The molecule has 0 amide bonds. The molecular formula is C34H34O14. The summed E-state index contributed by atoms with van der Waals surface area (Å²) in [5.41, 5.74) is 0.886. The molecule has 14 nitrogen and oxygen atoms in total. The van der Waals surface area contributed by atoms with Crippen molar-refractivity contribution in [2.24, 2.45) is 0 Å². The molecule has 0 saturated carbocycles. The number of rotatable bonds is 10. The molecule has 1 heterocycles. The Morgan fingerprint density at radius 1 is 0.542 bits per heavy atom. The van der Waals surface area contributed by atoms with Gasteiger partial charge >= 0.3 is 29.8 Å². The number of fused-ring (bicyclic) bond motifs is 1. The van der Waals surface area contributed by atoms with Gasteiger partial charge < -0.3 is 42.6 Å². The zero-order valence-corrected chi connectivity index (χ0v) is 27.5. The van der Waals surface area contributed by atoms with Crippen LogP contribution in [0, 0.1) is 0 Å². The van der Waals surface area contributed by atoms with E-state index in [9.17, 15) is 24.0 Å². The highest BCUT2D eigenvalue weighted by atomic mass is 16.6. The maximum Gasteiger partial charge on any atom is 0.308 e. The van der Waals surface area contributed by atoms with Crippen LogP contribution in [-0.4, -0.2) is 57.3 Å². The lowest BCUT2D eigenvalue weighted by atomic mass is 9.78. The Kier molecular flexibility index (Phi) is 10.8. The van der Waals surface area contributed by atoms with Crippen LogP contribution in [0.5, 0.6) is 46.0 Å².